The van der Waals surface area contributed by atoms with Crippen LogP contribution >= 0.6 is 15.9 Å². The summed E-state index contributed by atoms with van der Waals surface area (Å²) < 4.78 is 6.29. The fourth-order valence-corrected chi connectivity index (χ4v) is 4.88. The lowest BCUT2D eigenvalue weighted by Crippen LogP contribution is -2.40. The van der Waals surface area contributed by atoms with Gasteiger partial charge in [-0.2, -0.15) is 5.10 Å². The molecule has 0 heterocycles. The number of para-hydroxylation sites is 2. The number of anilines is 2. The van der Waals surface area contributed by atoms with E-state index in [-0.39, 0.29) is 0 Å². The van der Waals surface area contributed by atoms with Gasteiger partial charge in [-0.1, -0.05) is 79.5 Å². The normalized spacial score (nSPS) is 13.4. The van der Waals surface area contributed by atoms with Crippen LogP contribution in [-0.4, -0.2) is 26.0 Å². The van der Waals surface area contributed by atoms with Crippen LogP contribution in [0.5, 0.6) is 0 Å². The average molecular weight is 518 g/mol. The number of rotatable bonds is 13. The summed E-state index contributed by atoms with van der Waals surface area (Å²) in [6.07, 6.45) is 8.91. The van der Waals surface area contributed by atoms with Crippen molar-refractivity contribution in [1.82, 2.24) is 0 Å². The summed E-state index contributed by atoms with van der Waals surface area (Å²) in [5, 5.41) is 7.07. The summed E-state index contributed by atoms with van der Waals surface area (Å²) in [5.74, 6) is 0. The third-order valence-corrected chi connectivity index (χ3v) is 11.7. The summed E-state index contributed by atoms with van der Waals surface area (Å²) in [6.45, 7) is 12.5. The number of alkyl halides is 1. The number of nitrogens with zero attached hydrogens (tertiary/aromatic N) is 2. The van der Waals surface area contributed by atoms with Gasteiger partial charge in [0.2, 0.25) is 0 Å². The van der Waals surface area contributed by atoms with Crippen LogP contribution in [0, 0.1) is 0 Å². The van der Waals surface area contributed by atoms with Crippen molar-refractivity contribution in [2.24, 2.45) is 5.10 Å². The minimum atomic E-state index is -1.60. The van der Waals surface area contributed by atoms with Crippen LogP contribution in [0.25, 0.3) is 0 Å². The highest BCUT2D eigenvalue weighted by molar-refractivity contribution is 9.09. The maximum absolute atomic E-state index is 6.29. The molecule has 0 aliphatic carbocycles. The Morgan fingerprint density at radius 3 is 1.97 bits per heavy atom. The highest BCUT2D eigenvalue weighted by atomic mass is 79.9. The van der Waals surface area contributed by atoms with E-state index in [0.717, 1.165) is 37.2 Å². The second-order valence-corrected chi connectivity index (χ2v) is 16.0. The van der Waals surface area contributed by atoms with Gasteiger partial charge in [-0.15, -0.1) is 0 Å². The Labute approximate surface area is 205 Å². The summed E-state index contributed by atoms with van der Waals surface area (Å²) in [4.78, 5) is 0.572. The zero-order valence-electron chi connectivity index (χ0n) is 20.6. The minimum absolute atomic E-state index is 0.295. The first-order valence-corrected chi connectivity index (χ1v) is 15.7. The van der Waals surface area contributed by atoms with Crippen molar-refractivity contribution in [2.75, 3.05) is 11.6 Å². The molecule has 176 valence electrons. The number of hydrazone groups is 1. The fourth-order valence-electron chi connectivity index (χ4n) is 3.15. The van der Waals surface area contributed by atoms with Crippen LogP contribution < -0.4 is 5.01 Å². The first-order valence-electron chi connectivity index (χ1n) is 11.9. The number of halogens is 1. The molecule has 3 nitrogen and oxygen atoms in total. The Morgan fingerprint density at radius 2 is 1.44 bits per heavy atom. The first kappa shape index (κ1) is 26.8. The van der Waals surface area contributed by atoms with Crippen molar-refractivity contribution in [3.8, 4) is 0 Å². The van der Waals surface area contributed by atoms with Crippen molar-refractivity contribution < 1.29 is 4.43 Å². The predicted octanol–water partition coefficient (Wildman–Crippen LogP) is 8.94. The molecule has 1 atom stereocenters. The van der Waals surface area contributed by atoms with E-state index in [9.17, 15) is 0 Å². The van der Waals surface area contributed by atoms with Gasteiger partial charge in [-0.3, -0.25) is 0 Å². The Balaban J connectivity index is 1.69. The van der Waals surface area contributed by atoms with Gasteiger partial charge < -0.3 is 4.43 Å². The second-order valence-electron chi connectivity index (χ2n) is 9.91. The maximum Gasteiger partial charge on any atom is 0.191 e. The SMILES string of the molecule is CC(C)(C)[Si](C)(C)OCCCCC(Br)CCC/C=N/N(c1ccccc1)c1ccccc1. The topological polar surface area (TPSA) is 24.8 Å². The molecule has 0 saturated heterocycles. The molecular formula is C27H41BrN2OSi. The van der Waals surface area contributed by atoms with Gasteiger partial charge in [0.15, 0.2) is 8.32 Å². The maximum atomic E-state index is 6.29. The molecule has 0 saturated carbocycles. The smallest absolute Gasteiger partial charge is 0.191 e. The third kappa shape index (κ3) is 9.20. The molecule has 1 unspecified atom stereocenters. The highest BCUT2D eigenvalue weighted by Gasteiger charge is 2.36. The molecule has 2 aromatic rings. The number of hydrogen-bond acceptors (Lipinski definition) is 3. The van der Waals surface area contributed by atoms with Crippen molar-refractivity contribution in [1.29, 1.82) is 0 Å². The quantitative estimate of drug-likeness (QED) is 0.0871. The van der Waals surface area contributed by atoms with Gasteiger partial charge in [0.05, 0.1) is 11.4 Å². The Kier molecular flexibility index (Phi) is 11.2. The van der Waals surface area contributed by atoms with Gasteiger partial charge >= 0.3 is 0 Å². The Morgan fingerprint density at radius 1 is 0.906 bits per heavy atom. The largest absolute Gasteiger partial charge is 0.417 e. The highest BCUT2D eigenvalue weighted by Crippen LogP contribution is 2.36. The average Bonchev–Trinajstić information content (AvgIpc) is 2.76. The second kappa shape index (κ2) is 13.3. The minimum Gasteiger partial charge on any atom is -0.417 e. The van der Waals surface area contributed by atoms with E-state index in [0.29, 0.717) is 9.87 Å². The molecule has 0 radical (unpaired) electrons. The zero-order chi connectivity index (χ0) is 23.5. The van der Waals surface area contributed by atoms with Crippen molar-refractivity contribution in [3.63, 3.8) is 0 Å². The number of benzene rings is 2. The molecule has 0 amide bonds. The zero-order valence-corrected chi connectivity index (χ0v) is 23.1. The first-order chi connectivity index (χ1) is 15.2. The molecular weight excluding hydrogens is 476 g/mol. The van der Waals surface area contributed by atoms with Crippen LogP contribution in [0.15, 0.2) is 65.8 Å². The molecule has 0 spiro atoms. The van der Waals surface area contributed by atoms with E-state index >= 15 is 0 Å². The van der Waals surface area contributed by atoms with Crippen LogP contribution in [0.4, 0.5) is 11.4 Å². The van der Waals surface area contributed by atoms with E-state index in [1.54, 1.807) is 0 Å². The molecule has 0 aliphatic heterocycles. The van der Waals surface area contributed by atoms with E-state index in [2.05, 4.69) is 74.1 Å². The summed E-state index contributed by atoms with van der Waals surface area (Å²) in [7, 11) is -1.60. The standard InChI is InChI=1S/C27H41BrN2OSi/c1-27(2,3)32(4,5)31-23-15-13-17-24(28)16-12-14-22-29-30(25-18-8-6-9-19-25)26-20-10-7-11-21-26/h6-11,18-22,24H,12-17,23H2,1-5H3/b29-22+. The number of unbranched alkanes of at least 4 members (excludes halogenated alkanes) is 2. The van der Waals surface area contributed by atoms with E-state index in [1.165, 1.54) is 19.3 Å². The van der Waals surface area contributed by atoms with Gasteiger partial charge in [0, 0.05) is 17.6 Å². The molecule has 32 heavy (non-hydrogen) atoms. The van der Waals surface area contributed by atoms with E-state index in [1.807, 2.05) is 47.6 Å². The molecule has 2 aromatic carbocycles. The van der Waals surface area contributed by atoms with Crippen molar-refractivity contribution in [3.05, 3.63) is 60.7 Å². The van der Waals surface area contributed by atoms with Gasteiger partial charge in [0.25, 0.3) is 0 Å². The molecule has 2 rings (SSSR count). The third-order valence-electron chi connectivity index (χ3n) is 6.23. The van der Waals surface area contributed by atoms with Gasteiger partial charge in [-0.25, -0.2) is 5.01 Å². The van der Waals surface area contributed by atoms with Crippen molar-refractivity contribution >= 4 is 41.8 Å². The lowest BCUT2D eigenvalue weighted by Gasteiger charge is -2.36. The summed E-state index contributed by atoms with van der Waals surface area (Å²) in [6, 6.07) is 20.6. The van der Waals surface area contributed by atoms with E-state index in [4.69, 9.17) is 9.53 Å². The van der Waals surface area contributed by atoms with Crippen LogP contribution in [0.2, 0.25) is 18.1 Å². The van der Waals surface area contributed by atoms with Crippen molar-refractivity contribution in [2.45, 2.75) is 82.3 Å². The lowest BCUT2D eigenvalue weighted by molar-refractivity contribution is 0.277. The van der Waals surface area contributed by atoms with Crippen LogP contribution in [0.1, 0.15) is 59.3 Å². The van der Waals surface area contributed by atoms with Crippen LogP contribution in [0.3, 0.4) is 0 Å². The molecule has 0 N–H and O–H groups in total. The fraction of sp³-hybridized carbons (Fsp3) is 0.519. The molecule has 0 aromatic heterocycles. The van der Waals surface area contributed by atoms with Gasteiger partial charge in [0.1, 0.15) is 0 Å². The van der Waals surface area contributed by atoms with Crippen LogP contribution in [-0.2, 0) is 4.43 Å². The molecule has 0 aliphatic rings. The molecule has 0 fully saturated rings. The molecule has 0 bridgehead atoms. The summed E-state index contributed by atoms with van der Waals surface area (Å²) >= 11 is 3.87. The number of hydrogen-bond donors (Lipinski definition) is 0. The monoisotopic (exact) mass is 516 g/mol. The Hall–Kier alpha value is -1.43. The summed E-state index contributed by atoms with van der Waals surface area (Å²) in [5.41, 5.74) is 2.15. The molecule has 5 heteroatoms. The van der Waals surface area contributed by atoms with Gasteiger partial charge in [-0.05, 0) is 74.5 Å². The lowest BCUT2D eigenvalue weighted by atomic mass is 10.1. The predicted molar refractivity (Wildman–Crippen MR) is 147 cm³/mol. The Bertz CT molecular complexity index is 751. The van der Waals surface area contributed by atoms with E-state index < -0.39 is 8.32 Å².